The number of hydrogen-bond acceptors (Lipinski definition) is 3. The normalized spacial score (nSPS) is 20.6. The molecule has 1 saturated heterocycles. The predicted molar refractivity (Wildman–Crippen MR) is 78.8 cm³/mol. The average Bonchev–Trinajstić information content (AvgIpc) is 2.69. The molecule has 1 aromatic heterocycles. The van der Waals surface area contributed by atoms with Crippen molar-refractivity contribution in [3.63, 3.8) is 0 Å². The highest BCUT2D eigenvalue weighted by Crippen LogP contribution is 2.25. The largest absolute Gasteiger partial charge is 0.344 e. The number of nitrogens with zero attached hydrogens (tertiary/aromatic N) is 1. The molecule has 2 heterocycles. The van der Waals surface area contributed by atoms with Gasteiger partial charge in [-0.3, -0.25) is 9.59 Å². The van der Waals surface area contributed by atoms with E-state index in [-0.39, 0.29) is 17.7 Å². The molecule has 1 aliphatic rings. The molecule has 1 atom stereocenters. The molecular weight excluding hydrogens is 328 g/mol. The zero-order valence-corrected chi connectivity index (χ0v) is 13.4. The van der Waals surface area contributed by atoms with Gasteiger partial charge in [0, 0.05) is 22.3 Å². The highest BCUT2D eigenvalue weighted by molar-refractivity contribution is 9.10. The number of carbonyl (C=O) groups is 2. The van der Waals surface area contributed by atoms with Crippen molar-refractivity contribution in [3.8, 4) is 0 Å². The van der Waals surface area contributed by atoms with Crippen molar-refractivity contribution in [2.45, 2.75) is 32.9 Å². The summed E-state index contributed by atoms with van der Waals surface area (Å²) in [6.07, 6.45) is 0.373. The van der Waals surface area contributed by atoms with Crippen molar-refractivity contribution in [3.05, 3.63) is 20.8 Å². The van der Waals surface area contributed by atoms with Gasteiger partial charge in [0.1, 0.15) is 6.04 Å². The molecule has 0 aliphatic carbocycles. The van der Waals surface area contributed by atoms with Crippen LogP contribution in [0.2, 0.25) is 0 Å². The summed E-state index contributed by atoms with van der Waals surface area (Å²) in [5, 5.41) is 4.80. The lowest BCUT2D eigenvalue weighted by Gasteiger charge is -2.25. The van der Waals surface area contributed by atoms with Gasteiger partial charge in [-0.2, -0.15) is 0 Å². The highest BCUT2D eigenvalue weighted by Gasteiger charge is 2.32. The Bertz CT molecular complexity index is 487. The monoisotopic (exact) mass is 344 g/mol. The van der Waals surface area contributed by atoms with Gasteiger partial charge in [0.25, 0.3) is 0 Å². The van der Waals surface area contributed by atoms with Crippen LogP contribution in [0, 0.1) is 5.92 Å². The summed E-state index contributed by atoms with van der Waals surface area (Å²) in [5.41, 5.74) is 0. The van der Waals surface area contributed by atoms with Crippen LogP contribution in [0.4, 0.5) is 0 Å². The van der Waals surface area contributed by atoms with E-state index in [1.807, 2.05) is 25.3 Å². The van der Waals surface area contributed by atoms with Crippen LogP contribution in [-0.2, 0) is 16.1 Å². The van der Waals surface area contributed by atoms with Gasteiger partial charge in [-0.15, -0.1) is 11.3 Å². The Morgan fingerprint density at radius 1 is 1.53 bits per heavy atom. The fourth-order valence-electron chi connectivity index (χ4n) is 2.07. The maximum atomic E-state index is 12.5. The van der Waals surface area contributed by atoms with Crippen LogP contribution in [0.5, 0.6) is 0 Å². The van der Waals surface area contributed by atoms with E-state index in [0.717, 1.165) is 9.35 Å². The van der Waals surface area contributed by atoms with Crippen molar-refractivity contribution in [1.82, 2.24) is 10.2 Å². The molecule has 1 unspecified atom stereocenters. The Kier molecular flexibility index (Phi) is 4.62. The van der Waals surface area contributed by atoms with E-state index < -0.39 is 6.04 Å². The number of nitrogens with one attached hydrogen (secondary N) is 1. The second-order valence-electron chi connectivity index (χ2n) is 4.99. The summed E-state index contributed by atoms with van der Waals surface area (Å²) in [6, 6.07) is 1.57. The minimum absolute atomic E-state index is 0.0150. The Morgan fingerprint density at radius 2 is 2.26 bits per heavy atom. The number of rotatable bonds is 3. The van der Waals surface area contributed by atoms with E-state index in [1.165, 1.54) is 0 Å². The third-order valence-electron chi connectivity index (χ3n) is 3.20. The van der Waals surface area contributed by atoms with Crippen molar-refractivity contribution < 1.29 is 9.59 Å². The van der Waals surface area contributed by atoms with E-state index in [1.54, 1.807) is 16.2 Å². The maximum Gasteiger partial charge on any atom is 0.245 e. The molecule has 0 aromatic carbocycles. The van der Waals surface area contributed by atoms with Gasteiger partial charge in [-0.25, -0.2) is 0 Å². The molecule has 0 saturated carbocycles. The zero-order valence-electron chi connectivity index (χ0n) is 11.0. The van der Waals surface area contributed by atoms with E-state index in [2.05, 4.69) is 21.2 Å². The molecule has 19 heavy (non-hydrogen) atoms. The molecule has 2 rings (SSSR count). The van der Waals surface area contributed by atoms with Gasteiger partial charge in [0.05, 0.1) is 6.54 Å². The maximum absolute atomic E-state index is 12.5. The number of halogens is 1. The molecule has 4 nitrogen and oxygen atoms in total. The molecule has 0 bridgehead atoms. The molecule has 0 radical (unpaired) electrons. The summed E-state index contributed by atoms with van der Waals surface area (Å²) < 4.78 is 1.02. The number of thiophene rings is 1. The molecule has 6 heteroatoms. The van der Waals surface area contributed by atoms with Crippen molar-refractivity contribution in [1.29, 1.82) is 0 Å². The third kappa shape index (κ3) is 3.36. The van der Waals surface area contributed by atoms with E-state index in [4.69, 9.17) is 0 Å². The quantitative estimate of drug-likeness (QED) is 0.915. The summed E-state index contributed by atoms with van der Waals surface area (Å²) >= 11 is 5.09. The average molecular weight is 345 g/mol. The lowest BCUT2D eigenvalue weighted by molar-refractivity contribution is -0.135. The first-order valence-electron chi connectivity index (χ1n) is 6.29. The topological polar surface area (TPSA) is 49.4 Å². The molecular formula is C13H17BrN2O2S. The van der Waals surface area contributed by atoms with Crippen LogP contribution in [-0.4, -0.2) is 29.3 Å². The molecule has 1 aliphatic heterocycles. The summed E-state index contributed by atoms with van der Waals surface area (Å²) in [4.78, 5) is 27.0. The van der Waals surface area contributed by atoms with E-state index in [9.17, 15) is 9.59 Å². The van der Waals surface area contributed by atoms with Gasteiger partial charge >= 0.3 is 0 Å². The molecule has 2 amide bonds. The predicted octanol–water partition coefficient (Wildman–Crippen LogP) is 2.38. The first kappa shape index (κ1) is 14.5. The van der Waals surface area contributed by atoms with Crippen LogP contribution in [0.25, 0.3) is 0 Å². The minimum Gasteiger partial charge on any atom is -0.344 e. The summed E-state index contributed by atoms with van der Waals surface area (Å²) in [7, 11) is 0. The van der Waals surface area contributed by atoms with Crippen molar-refractivity contribution in [2.24, 2.45) is 5.92 Å². The highest BCUT2D eigenvalue weighted by atomic mass is 79.9. The van der Waals surface area contributed by atoms with Crippen LogP contribution < -0.4 is 5.32 Å². The van der Waals surface area contributed by atoms with Crippen molar-refractivity contribution >= 4 is 39.1 Å². The second-order valence-corrected chi connectivity index (χ2v) is 6.85. The van der Waals surface area contributed by atoms with E-state index in [0.29, 0.717) is 19.5 Å². The van der Waals surface area contributed by atoms with Crippen LogP contribution >= 0.6 is 27.3 Å². The first-order chi connectivity index (χ1) is 8.99. The van der Waals surface area contributed by atoms with Crippen LogP contribution in [0.1, 0.15) is 25.1 Å². The summed E-state index contributed by atoms with van der Waals surface area (Å²) in [5.74, 6) is 0.0739. The fraction of sp³-hybridized carbons (Fsp3) is 0.538. The number of carbonyl (C=O) groups excluding carboxylic acids is 2. The van der Waals surface area contributed by atoms with Crippen molar-refractivity contribution in [2.75, 3.05) is 6.54 Å². The Morgan fingerprint density at radius 3 is 2.84 bits per heavy atom. The van der Waals surface area contributed by atoms with Crippen LogP contribution in [0.15, 0.2) is 15.9 Å². The van der Waals surface area contributed by atoms with E-state index >= 15 is 0 Å². The molecule has 0 spiro atoms. The zero-order chi connectivity index (χ0) is 14.0. The Balaban J connectivity index is 2.17. The van der Waals surface area contributed by atoms with Gasteiger partial charge in [-0.1, -0.05) is 13.8 Å². The lowest BCUT2D eigenvalue weighted by atomic mass is 10.0. The first-order valence-corrected chi connectivity index (χ1v) is 7.96. The molecule has 1 aromatic rings. The smallest absolute Gasteiger partial charge is 0.245 e. The molecule has 1 fully saturated rings. The Hall–Kier alpha value is -0.880. The van der Waals surface area contributed by atoms with Gasteiger partial charge in [-0.05, 0) is 33.3 Å². The third-order valence-corrected chi connectivity index (χ3v) is 5.11. The van der Waals surface area contributed by atoms with Crippen LogP contribution in [0.3, 0.4) is 0 Å². The molecule has 1 N–H and O–H groups in total. The number of hydrogen-bond donors (Lipinski definition) is 1. The van der Waals surface area contributed by atoms with Gasteiger partial charge in [0.2, 0.25) is 11.8 Å². The summed E-state index contributed by atoms with van der Waals surface area (Å²) in [6.45, 7) is 4.95. The molecule has 104 valence electrons. The van der Waals surface area contributed by atoms with Gasteiger partial charge in [0.15, 0.2) is 0 Å². The lowest BCUT2D eigenvalue weighted by Crippen LogP contribution is -2.47. The Labute approximate surface area is 125 Å². The number of amides is 2. The minimum atomic E-state index is -0.409. The standard InChI is InChI=1S/C13H17BrN2O2S/c1-8(2)12-13(18)16(5-3-11(17)15-12)7-10-9(14)4-6-19-10/h4,6,8,12H,3,5,7H2,1-2H3,(H,15,17). The second kappa shape index (κ2) is 6.05. The SMILES string of the molecule is CC(C)C1NC(=O)CCN(Cc2sccc2Br)C1=O. The van der Waals surface area contributed by atoms with Gasteiger partial charge < -0.3 is 10.2 Å². The fourth-order valence-corrected chi connectivity index (χ4v) is 3.56.